The molecule has 23 heavy (non-hydrogen) atoms. The quantitative estimate of drug-likeness (QED) is 0.664. The summed E-state index contributed by atoms with van der Waals surface area (Å²) in [5.41, 5.74) is 0. The minimum Gasteiger partial charge on any atom is -0.381 e. The molecule has 134 valence electrons. The Balaban J connectivity index is 1.34. The zero-order valence-corrected chi connectivity index (χ0v) is 15.1. The normalized spacial score (nSPS) is 28.6. The average molecular weight is 345 g/mol. The molecule has 0 unspecified atom stereocenters. The lowest BCUT2D eigenvalue weighted by atomic mass is 9.94. The number of unbranched alkanes of at least 4 members (excludes halogenated alkanes) is 1. The first-order valence-electron chi connectivity index (χ1n) is 9.45. The fourth-order valence-electron chi connectivity index (χ4n) is 4.20. The van der Waals surface area contributed by atoms with E-state index in [9.17, 15) is 8.42 Å². The van der Waals surface area contributed by atoms with Crippen molar-refractivity contribution in [2.24, 2.45) is 5.92 Å². The molecule has 0 amide bonds. The fourth-order valence-corrected chi connectivity index (χ4v) is 6.19. The van der Waals surface area contributed by atoms with Crippen molar-refractivity contribution in [3.63, 3.8) is 0 Å². The highest BCUT2D eigenvalue weighted by molar-refractivity contribution is 7.89. The smallest absolute Gasteiger partial charge is 0.218 e. The van der Waals surface area contributed by atoms with Crippen LogP contribution in [0.5, 0.6) is 0 Å². The van der Waals surface area contributed by atoms with E-state index in [1.165, 1.54) is 32.1 Å². The molecule has 0 aromatic heterocycles. The van der Waals surface area contributed by atoms with E-state index in [2.05, 4.69) is 4.90 Å². The predicted molar refractivity (Wildman–Crippen MR) is 92.0 cm³/mol. The number of ether oxygens (including phenoxy) is 1. The molecule has 3 heterocycles. The van der Waals surface area contributed by atoms with Gasteiger partial charge in [-0.2, -0.15) is 0 Å². The van der Waals surface area contributed by atoms with Crippen LogP contribution in [-0.2, 0) is 14.8 Å². The molecule has 0 N–H and O–H groups in total. The SMILES string of the molecule is O=S(=O)([C@H]1CCN(CCCCC2CCOCC2)C1)N1CCCC1. The van der Waals surface area contributed by atoms with Gasteiger partial charge in [-0.3, -0.25) is 0 Å². The first-order chi connectivity index (χ1) is 11.2. The van der Waals surface area contributed by atoms with Crippen molar-refractivity contribution in [3.8, 4) is 0 Å². The van der Waals surface area contributed by atoms with Gasteiger partial charge in [0.2, 0.25) is 10.0 Å². The maximum absolute atomic E-state index is 12.6. The monoisotopic (exact) mass is 344 g/mol. The zero-order valence-electron chi connectivity index (χ0n) is 14.3. The van der Waals surface area contributed by atoms with E-state index in [4.69, 9.17) is 4.74 Å². The molecule has 0 aliphatic carbocycles. The zero-order chi connectivity index (χ0) is 16.1. The van der Waals surface area contributed by atoms with E-state index in [0.717, 1.165) is 71.1 Å². The maximum Gasteiger partial charge on any atom is 0.218 e. The number of sulfonamides is 1. The molecule has 3 aliphatic heterocycles. The molecule has 0 aromatic rings. The Kier molecular flexibility index (Phi) is 6.35. The van der Waals surface area contributed by atoms with Gasteiger partial charge in [-0.25, -0.2) is 12.7 Å². The third-order valence-electron chi connectivity index (χ3n) is 5.75. The van der Waals surface area contributed by atoms with Gasteiger partial charge in [0.25, 0.3) is 0 Å². The summed E-state index contributed by atoms with van der Waals surface area (Å²) >= 11 is 0. The second kappa shape index (κ2) is 8.28. The van der Waals surface area contributed by atoms with Crippen LogP contribution in [0.1, 0.15) is 51.4 Å². The van der Waals surface area contributed by atoms with Gasteiger partial charge in [0.1, 0.15) is 0 Å². The summed E-state index contributed by atoms with van der Waals surface area (Å²) < 4.78 is 32.3. The van der Waals surface area contributed by atoms with E-state index in [0.29, 0.717) is 0 Å². The molecule has 3 fully saturated rings. The van der Waals surface area contributed by atoms with Crippen LogP contribution in [0.2, 0.25) is 0 Å². The Morgan fingerprint density at radius 2 is 1.70 bits per heavy atom. The molecular formula is C17H32N2O3S. The molecule has 3 saturated heterocycles. The number of hydrogen-bond acceptors (Lipinski definition) is 4. The summed E-state index contributed by atoms with van der Waals surface area (Å²) in [6, 6.07) is 0. The van der Waals surface area contributed by atoms with E-state index >= 15 is 0 Å². The highest BCUT2D eigenvalue weighted by atomic mass is 32.2. The van der Waals surface area contributed by atoms with Gasteiger partial charge in [-0.15, -0.1) is 0 Å². The van der Waals surface area contributed by atoms with Crippen LogP contribution in [0.3, 0.4) is 0 Å². The van der Waals surface area contributed by atoms with Crippen LogP contribution in [0, 0.1) is 5.92 Å². The fraction of sp³-hybridized carbons (Fsp3) is 1.00. The van der Waals surface area contributed by atoms with E-state index in [1.54, 1.807) is 4.31 Å². The molecule has 0 bridgehead atoms. The van der Waals surface area contributed by atoms with Gasteiger partial charge in [0.15, 0.2) is 0 Å². The van der Waals surface area contributed by atoms with Crippen molar-refractivity contribution < 1.29 is 13.2 Å². The molecule has 0 aromatic carbocycles. The Morgan fingerprint density at radius 1 is 0.957 bits per heavy atom. The lowest BCUT2D eigenvalue weighted by Gasteiger charge is -2.23. The summed E-state index contributed by atoms with van der Waals surface area (Å²) in [7, 11) is -3.04. The largest absolute Gasteiger partial charge is 0.381 e. The predicted octanol–water partition coefficient (Wildman–Crippen LogP) is 2.08. The second-order valence-electron chi connectivity index (χ2n) is 7.41. The highest BCUT2D eigenvalue weighted by Crippen LogP contribution is 2.25. The summed E-state index contributed by atoms with van der Waals surface area (Å²) in [5.74, 6) is 0.852. The lowest BCUT2D eigenvalue weighted by molar-refractivity contribution is 0.0629. The Bertz CT molecular complexity index is 456. The van der Waals surface area contributed by atoms with Crippen molar-refractivity contribution in [2.45, 2.75) is 56.6 Å². The topological polar surface area (TPSA) is 49.9 Å². The summed E-state index contributed by atoms with van der Waals surface area (Å²) in [4.78, 5) is 2.36. The van der Waals surface area contributed by atoms with Gasteiger partial charge >= 0.3 is 0 Å². The second-order valence-corrected chi connectivity index (χ2v) is 9.63. The van der Waals surface area contributed by atoms with E-state index in [1.807, 2.05) is 0 Å². The Hall–Kier alpha value is -0.170. The standard InChI is InChI=1S/C17H32N2O3S/c20-23(21,19-10-3-4-11-19)17-6-12-18(15-17)9-2-1-5-16-7-13-22-14-8-16/h16-17H,1-15H2/t17-/m0/s1. The molecule has 6 heteroatoms. The van der Waals surface area contributed by atoms with Crippen molar-refractivity contribution in [1.82, 2.24) is 9.21 Å². The Labute approximate surface area is 141 Å². The van der Waals surface area contributed by atoms with Crippen LogP contribution in [-0.4, -0.2) is 68.8 Å². The molecule has 0 radical (unpaired) electrons. The third-order valence-corrected chi connectivity index (χ3v) is 8.07. The molecule has 1 atom stereocenters. The highest BCUT2D eigenvalue weighted by Gasteiger charge is 2.37. The first kappa shape index (κ1) is 17.6. The van der Waals surface area contributed by atoms with E-state index in [-0.39, 0.29) is 5.25 Å². The van der Waals surface area contributed by atoms with Gasteiger partial charge in [0.05, 0.1) is 5.25 Å². The minimum atomic E-state index is -3.04. The number of rotatable bonds is 7. The van der Waals surface area contributed by atoms with Gasteiger partial charge in [-0.05, 0) is 57.5 Å². The maximum atomic E-state index is 12.6. The van der Waals surface area contributed by atoms with Crippen molar-refractivity contribution in [2.75, 3.05) is 45.9 Å². The van der Waals surface area contributed by atoms with Crippen molar-refractivity contribution in [1.29, 1.82) is 0 Å². The number of hydrogen-bond donors (Lipinski definition) is 0. The van der Waals surface area contributed by atoms with Crippen LogP contribution >= 0.6 is 0 Å². The van der Waals surface area contributed by atoms with Crippen molar-refractivity contribution in [3.05, 3.63) is 0 Å². The molecular weight excluding hydrogens is 312 g/mol. The number of likely N-dealkylation sites (tertiary alicyclic amines) is 1. The Morgan fingerprint density at radius 3 is 2.43 bits per heavy atom. The van der Waals surface area contributed by atoms with Gasteiger partial charge in [-0.1, -0.05) is 12.8 Å². The van der Waals surface area contributed by atoms with E-state index < -0.39 is 10.0 Å². The summed E-state index contributed by atoms with van der Waals surface area (Å²) in [6.07, 6.45) is 9.10. The van der Waals surface area contributed by atoms with Crippen molar-refractivity contribution >= 4 is 10.0 Å². The van der Waals surface area contributed by atoms with Gasteiger partial charge < -0.3 is 9.64 Å². The van der Waals surface area contributed by atoms with Crippen LogP contribution < -0.4 is 0 Å². The summed E-state index contributed by atoms with van der Waals surface area (Å²) in [5, 5.41) is -0.156. The lowest BCUT2D eigenvalue weighted by Crippen LogP contribution is -2.38. The molecule has 3 aliphatic rings. The molecule has 0 saturated carbocycles. The van der Waals surface area contributed by atoms with Crippen LogP contribution in [0.15, 0.2) is 0 Å². The molecule has 0 spiro atoms. The van der Waals surface area contributed by atoms with Crippen LogP contribution in [0.4, 0.5) is 0 Å². The van der Waals surface area contributed by atoms with Crippen LogP contribution in [0.25, 0.3) is 0 Å². The summed E-state index contributed by atoms with van der Waals surface area (Å²) in [6.45, 7) is 6.12. The first-order valence-corrected chi connectivity index (χ1v) is 11.0. The average Bonchev–Trinajstić information content (AvgIpc) is 3.24. The minimum absolute atomic E-state index is 0.156. The van der Waals surface area contributed by atoms with Gasteiger partial charge in [0, 0.05) is 32.8 Å². The third kappa shape index (κ3) is 4.68. The number of nitrogens with zero attached hydrogens (tertiary/aromatic N) is 2. The molecule has 3 rings (SSSR count). The molecule has 5 nitrogen and oxygen atoms in total.